The SMILES string of the molecule is Cc1nnc(CN=C(NCc2cccs2)N2CCSC(C(C)C)C2)n1C. The average molecular weight is 393 g/mol. The molecule has 0 spiro atoms. The van der Waals surface area contributed by atoms with Crippen LogP contribution in [0.1, 0.15) is 30.4 Å². The van der Waals surface area contributed by atoms with Gasteiger partial charge < -0.3 is 14.8 Å². The van der Waals surface area contributed by atoms with Gasteiger partial charge in [-0.2, -0.15) is 11.8 Å². The zero-order valence-corrected chi connectivity index (χ0v) is 17.6. The lowest BCUT2D eigenvalue weighted by Crippen LogP contribution is -2.48. The maximum atomic E-state index is 4.89. The molecule has 0 aromatic carbocycles. The first kappa shape index (κ1) is 19.2. The second-order valence-electron chi connectivity index (χ2n) is 6.89. The number of hydrogen-bond acceptors (Lipinski definition) is 5. The molecule has 8 heteroatoms. The summed E-state index contributed by atoms with van der Waals surface area (Å²) in [5.74, 6) is 4.60. The molecule has 3 heterocycles. The molecule has 26 heavy (non-hydrogen) atoms. The topological polar surface area (TPSA) is 58.3 Å². The molecule has 1 aliphatic rings. The van der Waals surface area contributed by atoms with E-state index in [1.54, 1.807) is 11.3 Å². The molecule has 1 fully saturated rings. The van der Waals surface area contributed by atoms with E-state index in [1.807, 2.05) is 18.5 Å². The van der Waals surface area contributed by atoms with Crippen LogP contribution in [0.3, 0.4) is 0 Å². The summed E-state index contributed by atoms with van der Waals surface area (Å²) in [7, 11) is 1.99. The summed E-state index contributed by atoms with van der Waals surface area (Å²) in [4.78, 5) is 8.61. The zero-order valence-electron chi connectivity index (χ0n) is 16.0. The van der Waals surface area contributed by atoms with Gasteiger partial charge in [0.05, 0.1) is 6.54 Å². The van der Waals surface area contributed by atoms with E-state index < -0.39 is 0 Å². The lowest BCUT2D eigenvalue weighted by molar-refractivity contribution is 0.379. The second kappa shape index (κ2) is 8.90. The van der Waals surface area contributed by atoms with Gasteiger partial charge in [0.15, 0.2) is 11.8 Å². The lowest BCUT2D eigenvalue weighted by atomic mass is 10.1. The van der Waals surface area contributed by atoms with Gasteiger partial charge in [-0.15, -0.1) is 21.5 Å². The minimum absolute atomic E-state index is 0.542. The third-order valence-electron chi connectivity index (χ3n) is 4.69. The third kappa shape index (κ3) is 4.79. The first-order valence-corrected chi connectivity index (χ1v) is 11.0. The number of nitrogens with zero attached hydrogens (tertiary/aromatic N) is 5. The Morgan fingerprint density at radius 2 is 2.27 bits per heavy atom. The summed E-state index contributed by atoms with van der Waals surface area (Å²) in [5, 5.41) is 14.7. The molecule has 142 valence electrons. The molecule has 0 saturated carbocycles. The van der Waals surface area contributed by atoms with Crippen LogP contribution < -0.4 is 5.32 Å². The van der Waals surface area contributed by atoms with E-state index in [0.717, 1.165) is 43.0 Å². The predicted octanol–water partition coefficient (Wildman–Crippen LogP) is 2.90. The van der Waals surface area contributed by atoms with Crippen molar-refractivity contribution >= 4 is 29.1 Å². The van der Waals surface area contributed by atoms with Crippen molar-refractivity contribution in [2.45, 2.75) is 39.1 Å². The maximum absolute atomic E-state index is 4.89. The van der Waals surface area contributed by atoms with Crippen LogP contribution in [0.25, 0.3) is 0 Å². The summed E-state index contributed by atoms with van der Waals surface area (Å²) in [6.07, 6.45) is 0. The molecule has 0 bridgehead atoms. The summed E-state index contributed by atoms with van der Waals surface area (Å²) >= 11 is 3.85. The molecule has 2 aromatic rings. The van der Waals surface area contributed by atoms with Gasteiger partial charge in [0.2, 0.25) is 0 Å². The van der Waals surface area contributed by atoms with E-state index in [1.165, 1.54) is 4.88 Å². The number of aryl methyl sites for hydroxylation is 1. The zero-order chi connectivity index (χ0) is 18.5. The van der Waals surface area contributed by atoms with Crippen LogP contribution in [0, 0.1) is 12.8 Å². The molecule has 0 aliphatic carbocycles. The number of nitrogens with one attached hydrogen (secondary N) is 1. The molecule has 3 rings (SSSR count). The largest absolute Gasteiger partial charge is 0.351 e. The highest BCUT2D eigenvalue weighted by Gasteiger charge is 2.25. The fourth-order valence-electron chi connectivity index (χ4n) is 2.85. The number of guanidine groups is 1. The van der Waals surface area contributed by atoms with E-state index in [2.05, 4.69) is 63.5 Å². The number of rotatable bonds is 5. The minimum Gasteiger partial charge on any atom is -0.351 e. The summed E-state index contributed by atoms with van der Waals surface area (Å²) in [6.45, 7) is 9.99. The normalized spacial score (nSPS) is 18.6. The average Bonchev–Trinajstić information content (AvgIpc) is 3.27. The number of aliphatic imine (C=N–C) groups is 1. The van der Waals surface area contributed by atoms with Gasteiger partial charge in [-0.05, 0) is 24.3 Å². The van der Waals surface area contributed by atoms with Crippen LogP contribution in [-0.4, -0.2) is 49.7 Å². The molecule has 1 unspecified atom stereocenters. The first-order chi connectivity index (χ1) is 12.5. The Morgan fingerprint density at radius 1 is 1.42 bits per heavy atom. The van der Waals surface area contributed by atoms with Gasteiger partial charge in [-0.25, -0.2) is 4.99 Å². The van der Waals surface area contributed by atoms with Crippen LogP contribution in [0.15, 0.2) is 22.5 Å². The van der Waals surface area contributed by atoms with Gasteiger partial charge in [0.1, 0.15) is 12.4 Å². The molecule has 1 aliphatic heterocycles. The maximum Gasteiger partial charge on any atom is 0.194 e. The predicted molar refractivity (Wildman–Crippen MR) is 111 cm³/mol. The standard InChI is InChI=1S/C18H28N6S2/c1-13(2)16-12-24(7-9-26-16)18(19-10-15-6-5-8-25-15)20-11-17-22-21-14(3)23(17)4/h5-6,8,13,16H,7,9-12H2,1-4H3,(H,19,20). The van der Waals surface area contributed by atoms with Gasteiger partial charge in [0, 0.05) is 36.0 Å². The third-order valence-corrected chi connectivity index (χ3v) is 7.11. The molecule has 1 atom stereocenters. The van der Waals surface area contributed by atoms with E-state index in [4.69, 9.17) is 4.99 Å². The molecule has 6 nitrogen and oxygen atoms in total. The van der Waals surface area contributed by atoms with Crippen molar-refractivity contribution in [1.82, 2.24) is 25.0 Å². The summed E-state index contributed by atoms with van der Waals surface area (Å²) in [5.41, 5.74) is 0. The highest BCUT2D eigenvalue weighted by Crippen LogP contribution is 2.25. The quantitative estimate of drug-likeness (QED) is 0.626. The number of hydrogen-bond donors (Lipinski definition) is 1. The van der Waals surface area contributed by atoms with Crippen molar-refractivity contribution in [1.29, 1.82) is 0 Å². The Labute approximate surface area is 164 Å². The smallest absolute Gasteiger partial charge is 0.194 e. The van der Waals surface area contributed by atoms with E-state index in [-0.39, 0.29) is 0 Å². The lowest BCUT2D eigenvalue weighted by Gasteiger charge is -2.36. The van der Waals surface area contributed by atoms with Crippen LogP contribution in [0.5, 0.6) is 0 Å². The van der Waals surface area contributed by atoms with E-state index >= 15 is 0 Å². The van der Waals surface area contributed by atoms with Crippen LogP contribution >= 0.6 is 23.1 Å². The van der Waals surface area contributed by atoms with Crippen LogP contribution in [0.4, 0.5) is 0 Å². The van der Waals surface area contributed by atoms with Crippen LogP contribution in [-0.2, 0) is 20.1 Å². The second-order valence-corrected chi connectivity index (χ2v) is 9.27. The van der Waals surface area contributed by atoms with Gasteiger partial charge in [-0.1, -0.05) is 19.9 Å². The van der Waals surface area contributed by atoms with Gasteiger partial charge in [-0.3, -0.25) is 0 Å². The molecule has 0 radical (unpaired) electrons. The van der Waals surface area contributed by atoms with Crippen molar-refractivity contribution in [3.8, 4) is 0 Å². The molecule has 1 N–H and O–H groups in total. The molecular formula is C18H28N6S2. The van der Waals surface area contributed by atoms with Crippen molar-refractivity contribution in [2.24, 2.45) is 18.0 Å². The monoisotopic (exact) mass is 392 g/mol. The van der Waals surface area contributed by atoms with E-state index in [0.29, 0.717) is 17.7 Å². The highest BCUT2D eigenvalue weighted by atomic mass is 32.2. The number of thioether (sulfide) groups is 1. The summed E-state index contributed by atoms with van der Waals surface area (Å²) < 4.78 is 2.00. The highest BCUT2D eigenvalue weighted by molar-refractivity contribution is 8.00. The van der Waals surface area contributed by atoms with Crippen molar-refractivity contribution in [2.75, 3.05) is 18.8 Å². The van der Waals surface area contributed by atoms with Crippen molar-refractivity contribution < 1.29 is 0 Å². The van der Waals surface area contributed by atoms with Crippen molar-refractivity contribution in [3.05, 3.63) is 34.0 Å². The fourth-order valence-corrected chi connectivity index (χ4v) is 4.80. The van der Waals surface area contributed by atoms with Crippen molar-refractivity contribution in [3.63, 3.8) is 0 Å². The Balaban J connectivity index is 1.74. The fraction of sp³-hybridized carbons (Fsp3) is 0.611. The minimum atomic E-state index is 0.542. The molecule has 2 aromatic heterocycles. The van der Waals surface area contributed by atoms with Gasteiger partial charge >= 0.3 is 0 Å². The first-order valence-electron chi connectivity index (χ1n) is 9.06. The Hall–Kier alpha value is -1.54. The molecule has 0 amide bonds. The van der Waals surface area contributed by atoms with E-state index in [9.17, 15) is 0 Å². The van der Waals surface area contributed by atoms with Crippen LogP contribution in [0.2, 0.25) is 0 Å². The number of aromatic nitrogens is 3. The summed E-state index contributed by atoms with van der Waals surface area (Å²) in [6, 6.07) is 4.25. The number of thiophene rings is 1. The molecule has 1 saturated heterocycles. The Bertz CT molecular complexity index is 722. The van der Waals surface area contributed by atoms with Gasteiger partial charge in [0.25, 0.3) is 0 Å². The Kier molecular flexibility index (Phi) is 6.58. The Morgan fingerprint density at radius 3 is 2.92 bits per heavy atom. The molecular weight excluding hydrogens is 364 g/mol.